The van der Waals surface area contributed by atoms with Crippen LogP contribution in [0.25, 0.3) is 5.57 Å². The standard InChI is InChI=1S/C22H23F2NO2.ClH/c1-16(26)22(27)11-14-25(15-12-22)13-10-21(17-2-6-19(23)7-3-17)18-4-8-20(24)9-5-18;/h2-10,27H,11-15H2,1H3;1H. The number of carbonyl (C=O) groups excluding carboxylic acids is 1. The Balaban J connectivity index is 0.00000280. The van der Waals surface area contributed by atoms with Crippen molar-refractivity contribution in [3.8, 4) is 0 Å². The Labute approximate surface area is 170 Å². The number of aliphatic hydroxyl groups is 1. The molecular weight excluding hydrogens is 384 g/mol. The maximum absolute atomic E-state index is 13.3. The van der Waals surface area contributed by atoms with Crippen LogP contribution in [0.3, 0.4) is 0 Å². The van der Waals surface area contributed by atoms with Gasteiger partial charge in [0.1, 0.15) is 17.2 Å². The Bertz CT molecular complexity index is 779. The van der Waals surface area contributed by atoms with Crippen LogP contribution in [0.4, 0.5) is 8.78 Å². The van der Waals surface area contributed by atoms with Crippen LogP contribution in [0.15, 0.2) is 54.6 Å². The molecule has 1 heterocycles. The van der Waals surface area contributed by atoms with Crippen molar-refractivity contribution in [2.24, 2.45) is 0 Å². The summed E-state index contributed by atoms with van der Waals surface area (Å²) in [6.45, 7) is 3.29. The minimum Gasteiger partial charge on any atom is -0.382 e. The summed E-state index contributed by atoms with van der Waals surface area (Å²) in [5, 5.41) is 10.3. The zero-order valence-electron chi connectivity index (χ0n) is 15.7. The van der Waals surface area contributed by atoms with Gasteiger partial charge in [-0.25, -0.2) is 8.78 Å². The van der Waals surface area contributed by atoms with Crippen molar-refractivity contribution in [2.45, 2.75) is 25.4 Å². The van der Waals surface area contributed by atoms with E-state index in [0.717, 1.165) is 16.7 Å². The van der Waals surface area contributed by atoms with Crippen LogP contribution in [0, 0.1) is 11.6 Å². The van der Waals surface area contributed by atoms with Crippen molar-refractivity contribution in [2.75, 3.05) is 19.6 Å². The van der Waals surface area contributed by atoms with E-state index in [1.54, 1.807) is 24.3 Å². The normalized spacial score (nSPS) is 16.1. The first-order chi connectivity index (χ1) is 12.9. The average molecular weight is 408 g/mol. The molecule has 1 aliphatic heterocycles. The van der Waals surface area contributed by atoms with Gasteiger partial charge in [0, 0.05) is 19.6 Å². The zero-order valence-corrected chi connectivity index (χ0v) is 16.5. The number of carbonyl (C=O) groups is 1. The van der Waals surface area contributed by atoms with Gasteiger partial charge in [-0.15, -0.1) is 12.4 Å². The SMILES string of the molecule is CC(=O)C1(O)CCN(CC=C(c2ccc(F)cc2)c2ccc(F)cc2)CC1.Cl. The summed E-state index contributed by atoms with van der Waals surface area (Å²) in [5.41, 5.74) is 1.37. The van der Waals surface area contributed by atoms with E-state index in [1.165, 1.54) is 31.2 Å². The van der Waals surface area contributed by atoms with Gasteiger partial charge < -0.3 is 5.11 Å². The van der Waals surface area contributed by atoms with Gasteiger partial charge in [-0.05, 0) is 60.7 Å². The molecule has 0 aromatic heterocycles. The molecule has 0 amide bonds. The van der Waals surface area contributed by atoms with Crippen LogP contribution in [0.1, 0.15) is 30.9 Å². The molecule has 1 fully saturated rings. The van der Waals surface area contributed by atoms with Crippen molar-refractivity contribution in [3.63, 3.8) is 0 Å². The summed E-state index contributed by atoms with van der Waals surface area (Å²) in [6, 6.07) is 12.4. The lowest BCUT2D eigenvalue weighted by Gasteiger charge is -2.36. The first kappa shape index (κ1) is 22.2. The minimum atomic E-state index is -1.21. The average Bonchev–Trinajstić information content (AvgIpc) is 2.66. The molecule has 0 unspecified atom stereocenters. The van der Waals surface area contributed by atoms with Crippen LogP contribution in [-0.2, 0) is 4.79 Å². The van der Waals surface area contributed by atoms with Crippen molar-refractivity contribution >= 4 is 23.8 Å². The van der Waals surface area contributed by atoms with E-state index < -0.39 is 5.60 Å². The second-order valence-corrected chi connectivity index (χ2v) is 7.02. The summed E-state index contributed by atoms with van der Waals surface area (Å²) in [6.07, 6.45) is 2.86. The van der Waals surface area contributed by atoms with Crippen LogP contribution >= 0.6 is 12.4 Å². The fourth-order valence-corrected chi connectivity index (χ4v) is 3.34. The number of benzene rings is 2. The summed E-state index contributed by atoms with van der Waals surface area (Å²) >= 11 is 0. The van der Waals surface area contributed by atoms with E-state index in [-0.39, 0.29) is 29.8 Å². The predicted octanol–water partition coefficient (Wildman–Crippen LogP) is 4.23. The fraction of sp³-hybridized carbons (Fsp3) is 0.318. The van der Waals surface area contributed by atoms with E-state index in [9.17, 15) is 18.7 Å². The Hall–Kier alpha value is -2.08. The molecule has 28 heavy (non-hydrogen) atoms. The Kier molecular flexibility index (Phi) is 7.47. The minimum absolute atomic E-state index is 0. The van der Waals surface area contributed by atoms with Gasteiger partial charge in [-0.3, -0.25) is 9.69 Å². The molecule has 3 rings (SSSR count). The number of halogens is 3. The Morgan fingerprint density at radius 1 is 1.00 bits per heavy atom. The molecule has 150 valence electrons. The van der Waals surface area contributed by atoms with Crippen LogP contribution in [0.2, 0.25) is 0 Å². The highest BCUT2D eigenvalue weighted by molar-refractivity contribution is 5.85. The van der Waals surface area contributed by atoms with Crippen LogP contribution < -0.4 is 0 Å². The number of rotatable bonds is 5. The molecule has 2 aromatic carbocycles. The molecule has 2 aromatic rings. The Morgan fingerprint density at radius 2 is 1.43 bits per heavy atom. The molecule has 0 aliphatic carbocycles. The molecule has 1 saturated heterocycles. The maximum atomic E-state index is 13.3. The summed E-state index contributed by atoms with van der Waals surface area (Å²) in [5.74, 6) is -0.801. The van der Waals surface area contributed by atoms with Crippen molar-refractivity contribution < 1.29 is 18.7 Å². The highest BCUT2D eigenvalue weighted by Crippen LogP contribution is 2.26. The van der Waals surface area contributed by atoms with E-state index in [1.807, 2.05) is 6.08 Å². The molecule has 1 N–H and O–H groups in total. The summed E-state index contributed by atoms with van der Waals surface area (Å²) < 4.78 is 26.6. The van der Waals surface area contributed by atoms with Gasteiger partial charge >= 0.3 is 0 Å². The highest BCUT2D eigenvalue weighted by atomic mass is 35.5. The van der Waals surface area contributed by atoms with Gasteiger partial charge in [0.2, 0.25) is 0 Å². The van der Waals surface area contributed by atoms with E-state index in [4.69, 9.17) is 0 Å². The van der Waals surface area contributed by atoms with Crippen LogP contribution in [0.5, 0.6) is 0 Å². The van der Waals surface area contributed by atoms with Gasteiger partial charge in [-0.1, -0.05) is 30.3 Å². The van der Waals surface area contributed by atoms with Crippen molar-refractivity contribution in [1.82, 2.24) is 4.90 Å². The van der Waals surface area contributed by atoms with E-state index in [2.05, 4.69) is 4.90 Å². The zero-order chi connectivity index (χ0) is 19.4. The number of nitrogens with zero attached hydrogens (tertiary/aromatic N) is 1. The van der Waals surface area contributed by atoms with Crippen LogP contribution in [-0.4, -0.2) is 41.0 Å². The number of hydrogen-bond donors (Lipinski definition) is 1. The quantitative estimate of drug-likeness (QED) is 0.806. The number of piperidine rings is 1. The largest absolute Gasteiger partial charge is 0.382 e. The van der Waals surface area contributed by atoms with E-state index >= 15 is 0 Å². The van der Waals surface area contributed by atoms with Crippen molar-refractivity contribution in [1.29, 1.82) is 0 Å². The second-order valence-electron chi connectivity index (χ2n) is 7.02. The number of ketones is 1. The second kappa shape index (κ2) is 9.41. The lowest BCUT2D eigenvalue weighted by atomic mass is 9.88. The maximum Gasteiger partial charge on any atom is 0.161 e. The van der Waals surface area contributed by atoms with E-state index in [0.29, 0.717) is 32.5 Å². The highest BCUT2D eigenvalue weighted by Gasteiger charge is 2.36. The van der Waals surface area contributed by atoms with Gasteiger partial charge in [-0.2, -0.15) is 0 Å². The third kappa shape index (κ3) is 5.25. The number of hydrogen-bond acceptors (Lipinski definition) is 3. The number of likely N-dealkylation sites (tertiary alicyclic amines) is 1. The molecule has 0 bridgehead atoms. The topological polar surface area (TPSA) is 40.5 Å². The molecular formula is C22H24ClF2NO2. The molecule has 0 radical (unpaired) electrons. The molecule has 3 nitrogen and oxygen atoms in total. The van der Waals surface area contributed by atoms with Gasteiger partial charge in [0.05, 0.1) is 0 Å². The van der Waals surface area contributed by atoms with Crippen molar-refractivity contribution in [3.05, 3.63) is 77.4 Å². The third-order valence-electron chi connectivity index (χ3n) is 5.20. The molecule has 6 heteroatoms. The lowest BCUT2D eigenvalue weighted by molar-refractivity contribution is -0.139. The van der Waals surface area contributed by atoms with Gasteiger partial charge in [0.15, 0.2) is 5.78 Å². The molecule has 0 atom stereocenters. The number of Topliss-reactive ketones (excluding diaryl/α,β-unsaturated/α-hetero) is 1. The first-order valence-corrected chi connectivity index (χ1v) is 9.05. The summed E-state index contributed by atoms with van der Waals surface area (Å²) in [7, 11) is 0. The smallest absolute Gasteiger partial charge is 0.161 e. The monoisotopic (exact) mass is 407 g/mol. The fourth-order valence-electron chi connectivity index (χ4n) is 3.34. The molecule has 0 saturated carbocycles. The first-order valence-electron chi connectivity index (χ1n) is 9.05. The molecule has 1 aliphatic rings. The lowest BCUT2D eigenvalue weighted by Crippen LogP contribution is -2.48. The summed E-state index contributed by atoms with van der Waals surface area (Å²) in [4.78, 5) is 13.7. The third-order valence-corrected chi connectivity index (χ3v) is 5.20. The van der Waals surface area contributed by atoms with Gasteiger partial charge in [0.25, 0.3) is 0 Å². The predicted molar refractivity (Wildman–Crippen MR) is 108 cm³/mol. The Morgan fingerprint density at radius 3 is 1.82 bits per heavy atom. The molecule has 0 spiro atoms.